The Bertz CT molecular complexity index is 528. The van der Waals surface area contributed by atoms with Crippen LogP contribution in [-0.2, 0) is 0 Å². The van der Waals surface area contributed by atoms with Gasteiger partial charge >= 0.3 is 0 Å². The molecule has 0 saturated carbocycles. The maximum absolute atomic E-state index is 11.6. The maximum Gasteiger partial charge on any atom is 0.287 e. The van der Waals surface area contributed by atoms with Gasteiger partial charge in [0.15, 0.2) is 0 Å². The lowest BCUT2D eigenvalue weighted by Crippen LogP contribution is -2.12. The molecule has 0 aliphatic rings. The Morgan fingerprint density at radius 2 is 2.31 bits per heavy atom. The second kappa shape index (κ2) is 4.54. The second-order valence-electron chi connectivity index (χ2n) is 3.03. The first-order valence-corrected chi connectivity index (χ1v) is 5.57. The van der Waals surface area contributed by atoms with Gasteiger partial charge in [0.1, 0.15) is 5.82 Å². The summed E-state index contributed by atoms with van der Waals surface area (Å²) in [6.45, 7) is 1.92. The van der Waals surface area contributed by atoms with Crippen molar-refractivity contribution in [3.05, 3.63) is 33.4 Å². The maximum atomic E-state index is 11.6. The predicted octanol–water partition coefficient (Wildman–Crippen LogP) is 2.15. The van der Waals surface area contributed by atoms with Crippen LogP contribution in [0.2, 0.25) is 4.47 Å². The highest BCUT2D eigenvalue weighted by Gasteiger charge is 2.12. The summed E-state index contributed by atoms with van der Waals surface area (Å²) in [5.74, 6) is 0.124. The quantitative estimate of drug-likeness (QED) is 0.892. The first kappa shape index (κ1) is 11.0. The second-order valence-corrected chi connectivity index (χ2v) is 4.59. The molecule has 0 aromatic carbocycles. The minimum atomic E-state index is -0.359. The Labute approximate surface area is 101 Å². The van der Waals surface area contributed by atoms with Gasteiger partial charge in [0.2, 0.25) is 9.47 Å². The first-order valence-electron chi connectivity index (χ1n) is 4.38. The zero-order chi connectivity index (χ0) is 11.5. The fourth-order valence-corrected chi connectivity index (χ4v) is 1.80. The molecule has 2 heterocycles. The normalized spacial score (nSPS) is 10.1. The molecule has 0 atom stereocenters. The van der Waals surface area contributed by atoms with E-state index in [0.29, 0.717) is 5.82 Å². The zero-order valence-electron chi connectivity index (χ0n) is 8.27. The Morgan fingerprint density at radius 1 is 1.50 bits per heavy atom. The highest BCUT2D eigenvalue weighted by Crippen LogP contribution is 2.16. The van der Waals surface area contributed by atoms with Gasteiger partial charge in [-0.3, -0.25) is 4.79 Å². The Balaban J connectivity index is 2.13. The molecule has 2 aromatic heterocycles. The zero-order valence-corrected chi connectivity index (χ0v) is 9.84. The molecule has 0 unspecified atom stereocenters. The molecule has 0 saturated heterocycles. The van der Waals surface area contributed by atoms with Crippen molar-refractivity contribution in [1.29, 1.82) is 0 Å². The number of amides is 1. The van der Waals surface area contributed by atoms with Crippen LogP contribution in [-0.4, -0.2) is 21.1 Å². The average molecular weight is 255 g/mol. The van der Waals surface area contributed by atoms with E-state index in [1.807, 2.05) is 13.0 Å². The molecule has 0 radical (unpaired) electrons. The van der Waals surface area contributed by atoms with Gasteiger partial charge in [0.25, 0.3) is 5.91 Å². The number of carbonyl (C=O) groups is 1. The SMILES string of the molecule is Cc1ccnc(NC(=O)c2nnc(Cl)s2)c1. The molecular formula is C9H7ClN4OS. The molecule has 2 aromatic rings. The van der Waals surface area contributed by atoms with Crippen LogP contribution in [0.5, 0.6) is 0 Å². The van der Waals surface area contributed by atoms with E-state index in [0.717, 1.165) is 16.9 Å². The molecule has 0 aliphatic heterocycles. The third-order valence-corrected chi connectivity index (χ3v) is 2.77. The van der Waals surface area contributed by atoms with Gasteiger partial charge in [-0.2, -0.15) is 0 Å². The largest absolute Gasteiger partial charge is 0.304 e. The third-order valence-electron chi connectivity index (χ3n) is 1.75. The van der Waals surface area contributed by atoms with Crippen LogP contribution >= 0.6 is 22.9 Å². The van der Waals surface area contributed by atoms with Crippen molar-refractivity contribution in [2.75, 3.05) is 5.32 Å². The molecule has 0 aliphatic carbocycles. The van der Waals surface area contributed by atoms with Crippen molar-refractivity contribution in [2.45, 2.75) is 6.92 Å². The molecule has 1 N–H and O–H groups in total. The molecule has 5 nitrogen and oxygen atoms in total. The molecule has 1 amide bonds. The number of hydrogen-bond acceptors (Lipinski definition) is 5. The summed E-state index contributed by atoms with van der Waals surface area (Å²) < 4.78 is 0.238. The molecule has 0 bridgehead atoms. The summed E-state index contributed by atoms with van der Waals surface area (Å²) in [4.78, 5) is 15.6. The number of pyridine rings is 1. The molecular weight excluding hydrogens is 248 g/mol. The standard InChI is InChI=1S/C9H7ClN4OS/c1-5-2-3-11-6(4-5)12-7(15)8-13-14-9(10)16-8/h2-4H,1H3,(H,11,12,15). The lowest BCUT2D eigenvalue weighted by atomic mass is 10.3. The number of hydrogen-bond donors (Lipinski definition) is 1. The Kier molecular flexibility index (Phi) is 3.12. The van der Waals surface area contributed by atoms with E-state index in [2.05, 4.69) is 20.5 Å². The fourth-order valence-electron chi connectivity index (χ4n) is 1.07. The van der Waals surface area contributed by atoms with E-state index in [-0.39, 0.29) is 15.4 Å². The summed E-state index contributed by atoms with van der Waals surface area (Å²) in [6, 6.07) is 3.61. The van der Waals surface area contributed by atoms with E-state index in [4.69, 9.17) is 11.6 Å². The number of anilines is 1. The van der Waals surface area contributed by atoms with Crippen molar-refractivity contribution in [3.63, 3.8) is 0 Å². The fraction of sp³-hybridized carbons (Fsp3) is 0.111. The molecule has 16 heavy (non-hydrogen) atoms. The summed E-state index contributed by atoms with van der Waals surface area (Å²) in [5, 5.41) is 10.0. The number of rotatable bonds is 2. The predicted molar refractivity (Wildman–Crippen MR) is 61.8 cm³/mol. The highest BCUT2D eigenvalue weighted by atomic mass is 35.5. The van der Waals surface area contributed by atoms with Gasteiger partial charge in [-0.1, -0.05) is 11.3 Å². The lowest BCUT2D eigenvalue weighted by Gasteiger charge is -2.01. The van der Waals surface area contributed by atoms with Gasteiger partial charge in [-0.25, -0.2) is 4.98 Å². The van der Waals surface area contributed by atoms with Crippen LogP contribution in [0.25, 0.3) is 0 Å². The van der Waals surface area contributed by atoms with Crippen molar-refractivity contribution in [1.82, 2.24) is 15.2 Å². The van der Waals surface area contributed by atoms with E-state index in [1.165, 1.54) is 0 Å². The van der Waals surface area contributed by atoms with Crippen LogP contribution in [0, 0.1) is 6.92 Å². The van der Waals surface area contributed by atoms with Crippen molar-refractivity contribution < 1.29 is 4.79 Å². The number of aromatic nitrogens is 3. The third kappa shape index (κ3) is 2.53. The highest BCUT2D eigenvalue weighted by molar-refractivity contribution is 7.17. The number of nitrogens with zero attached hydrogens (tertiary/aromatic N) is 3. The molecule has 7 heteroatoms. The Hall–Kier alpha value is -1.53. The van der Waals surface area contributed by atoms with Crippen LogP contribution < -0.4 is 5.32 Å². The van der Waals surface area contributed by atoms with Crippen LogP contribution in [0.3, 0.4) is 0 Å². The molecule has 0 spiro atoms. The van der Waals surface area contributed by atoms with E-state index in [9.17, 15) is 4.79 Å². The number of nitrogens with one attached hydrogen (secondary N) is 1. The van der Waals surface area contributed by atoms with Gasteiger partial charge < -0.3 is 5.32 Å². The molecule has 82 valence electrons. The first-order chi connectivity index (χ1) is 7.65. The number of carbonyl (C=O) groups excluding carboxylic acids is 1. The van der Waals surface area contributed by atoms with Gasteiger partial charge in [-0.15, -0.1) is 10.2 Å². The van der Waals surface area contributed by atoms with Gasteiger partial charge in [0.05, 0.1) is 0 Å². The number of aryl methyl sites for hydroxylation is 1. The van der Waals surface area contributed by atoms with E-state index < -0.39 is 0 Å². The molecule has 0 fully saturated rings. The monoisotopic (exact) mass is 254 g/mol. The lowest BCUT2D eigenvalue weighted by molar-refractivity contribution is 0.102. The minimum absolute atomic E-state index is 0.216. The topological polar surface area (TPSA) is 67.8 Å². The van der Waals surface area contributed by atoms with E-state index in [1.54, 1.807) is 12.3 Å². The summed E-state index contributed by atoms with van der Waals surface area (Å²) >= 11 is 6.60. The average Bonchev–Trinajstić information content (AvgIpc) is 2.65. The molecule has 2 rings (SSSR count). The van der Waals surface area contributed by atoms with Crippen LogP contribution in [0.1, 0.15) is 15.4 Å². The minimum Gasteiger partial charge on any atom is -0.304 e. The number of halogens is 1. The smallest absolute Gasteiger partial charge is 0.287 e. The van der Waals surface area contributed by atoms with Crippen LogP contribution in [0.15, 0.2) is 18.3 Å². The van der Waals surface area contributed by atoms with Gasteiger partial charge in [-0.05, 0) is 36.2 Å². The van der Waals surface area contributed by atoms with Crippen LogP contribution in [0.4, 0.5) is 5.82 Å². The van der Waals surface area contributed by atoms with Gasteiger partial charge in [0, 0.05) is 6.20 Å². The van der Waals surface area contributed by atoms with E-state index >= 15 is 0 Å². The Morgan fingerprint density at radius 3 is 2.94 bits per heavy atom. The summed E-state index contributed by atoms with van der Waals surface area (Å²) in [6.07, 6.45) is 1.62. The van der Waals surface area contributed by atoms with Crippen molar-refractivity contribution >= 4 is 34.7 Å². The summed E-state index contributed by atoms with van der Waals surface area (Å²) in [5.41, 5.74) is 1.01. The van der Waals surface area contributed by atoms with Crippen molar-refractivity contribution in [2.24, 2.45) is 0 Å². The summed E-state index contributed by atoms with van der Waals surface area (Å²) in [7, 11) is 0. The van der Waals surface area contributed by atoms with Crippen molar-refractivity contribution in [3.8, 4) is 0 Å².